The second-order valence-electron chi connectivity index (χ2n) is 3.38. The number of nitrogens with two attached hydrogens (primary N) is 1. The van der Waals surface area contributed by atoms with Crippen LogP contribution in [0.25, 0.3) is 0 Å². The number of hydrogen-bond donors (Lipinski definition) is 1. The van der Waals surface area contributed by atoms with Gasteiger partial charge in [0.2, 0.25) is 0 Å². The third kappa shape index (κ3) is 2.73. The van der Waals surface area contributed by atoms with Gasteiger partial charge in [-0.1, -0.05) is 0 Å². The lowest BCUT2D eigenvalue weighted by Gasteiger charge is -2.17. The topological polar surface area (TPSA) is 79.4 Å². The summed E-state index contributed by atoms with van der Waals surface area (Å²) >= 11 is 0. The molecule has 0 radical (unpaired) electrons. The molecule has 0 aromatic carbocycles. The normalized spacial score (nSPS) is 14.2. The molecule has 1 aromatic heterocycles. The molecule has 0 fully saturated rings. The minimum Gasteiger partial charge on any atom is -0.491 e. The lowest BCUT2D eigenvalue weighted by Crippen LogP contribution is -2.39. The number of nitrogens with zero attached hydrogens (tertiary/aromatic N) is 2. The fraction of sp³-hybridized carbons (Fsp3) is 0.600. The molecule has 0 spiro atoms. The van der Waals surface area contributed by atoms with Crippen molar-refractivity contribution >= 4 is 5.97 Å². The van der Waals surface area contributed by atoms with Gasteiger partial charge in [-0.05, 0) is 13.8 Å². The van der Waals surface area contributed by atoms with Gasteiger partial charge in [-0.15, -0.1) is 0 Å². The van der Waals surface area contributed by atoms with Crippen LogP contribution in [0.2, 0.25) is 0 Å². The first-order chi connectivity index (χ1) is 7.60. The first-order valence-corrected chi connectivity index (χ1v) is 5.10. The summed E-state index contributed by atoms with van der Waals surface area (Å²) < 4.78 is 11.4. The average Bonchev–Trinajstić information content (AvgIpc) is 2.75. The number of carbonyl (C=O) groups excluding carboxylic acids is 1. The van der Waals surface area contributed by atoms with E-state index in [0.29, 0.717) is 12.4 Å². The number of carbonyl (C=O) groups is 1. The standard InChI is InChI=1S/C10H17N3O3/c1-4-16-8-5-12-13(6-8)7(2)9(11)10(14)15-3/h5-7,9H,4,11H2,1-3H3. The number of hydrogen-bond acceptors (Lipinski definition) is 5. The van der Waals surface area contributed by atoms with E-state index in [-0.39, 0.29) is 6.04 Å². The van der Waals surface area contributed by atoms with Crippen molar-refractivity contribution in [3.05, 3.63) is 12.4 Å². The number of methoxy groups -OCH3 is 1. The summed E-state index contributed by atoms with van der Waals surface area (Å²) in [5.74, 6) is 0.201. The molecule has 0 saturated carbocycles. The van der Waals surface area contributed by atoms with E-state index in [1.54, 1.807) is 24.0 Å². The first-order valence-electron chi connectivity index (χ1n) is 5.10. The molecule has 0 aliphatic rings. The molecule has 0 saturated heterocycles. The molecule has 2 atom stereocenters. The molecule has 0 amide bonds. The Kier molecular flexibility index (Phi) is 4.30. The zero-order chi connectivity index (χ0) is 12.1. The van der Waals surface area contributed by atoms with Crippen molar-refractivity contribution in [3.63, 3.8) is 0 Å². The van der Waals surface area contributed by atoms with Crippen molar-refractivity contribution < 1.29 is 14.3 Å². The zero-order valence-corrected chi connectivity index (χ0v) is 9.71. The molecular weight excluding hydrogens is 210 g/mol. The van der Waals surface area contributed by atoms with Gasteiger partial charge in [-0.2, -0.15) is 5.10 Å². The predicted octanol–water partition coefficient (Wildman–Crippen LogP) is 0.343. The molecule has 0 bridgehead atoms. The Hall–Kier alpha value is -1.56. The van der Waals surface area contributed by atoms with E-state index >= 15 is 0 Å². The fourth-order valence-corrected chi connectivity index (χ4v) is 1.28. The van der Waals surface area contributed by atoms with Crippen molar-refractivity contribution in [2.75, 3.05) is 13.7 Å². The molecule has 0 aliphatic heterocycles. The van der Waals surface area contributed by atoms with E-state index in [2.05, 4.69) is 9.84 Å². The van der Waals surface area contributed by atoms with Crippen LogP contribution in [0.4, 0.5) is 0 Å². The average molecular weight is 227 g/mol. The van der Waals surface area contributed by atoms with E-state index in [1.165, 1.54) is 7.11 Å². The Morgan fingerprint density at radius 1 is 1.69 bits per heavy atom. The van der Waals surface area contributed by atoms with Crippen LogP contribution in [-0.4, -0.2) is 35.5 Å². The number of rotatable bonds is 5. The van der Waals surface area contributed by atoms with Gasteiger partial charge < -0.3 is 15.2 Å². The summed E-state index contributed by atoms with van der Waals surface area (Å²) in [5.41, 5.74) is 5.71. The highest BCUT2D eigenvalue weighted by atomic mass is 16.5. The summed E-state index contributed by atoms with van der Waals surface area (Å²) in [7, 11) is 1.31. The largest absolute Gasteiger partial charge is 0.491 e. The Balaban J connectivity index is 2.71. The summed E-state index contributed by atoms with van der Waals surface area (Å²) in [6, 6.07) is -1.01. The molecule has 0 aliphatic carbocycles. The number of esters is 1. The third-order valence-corrected chi connectivity index (χ3v) is 2.30. The van der Waals surface area contributed by atoms with Crippen LogP contribution < -0.4 is 10.5 Å². The first kappa shape index (κ1) is 12.5. The van der Waals surface area contributed by atoms with Crippen LogP contribution in [0.15, 0.2) is 12.4 Å². The van der Waals surface area contributed by atoms with Gasteiger partial charge >= 0.3 is 5.97 Å². The molecule has 6 heteroatoms. The molecule has 1 heterocycles. The van der Waals surface area contributed by atoms with Crippen molar-refractivity contribution in [1.29, 1.82) is 0 Å². The maximum atomic E-state index is 11.2. The second kappa shape index (κ2) is 5.50. The van der Waals surface area contributed by atoms with Gasteiger partial charge in [0.1, 0.15) is 6.04 Å². The van der Waals surface area contributed by atoms with Gasteiger partial charge in [-0.25, -0.2) is 0 Å². The number of aromatic nitrogens is 2. The highest BCUT2D eigenvalue weighted by Gasteiger charge is 2.23. The van der Waals surface area contributed by atoms with Crippen molar-refractivity contribution in [2.45, 2.75) is 25.9 Å². The summed E-state index contributed by atoms with van der Waals surface area (Å²) in [6.07, 6.45) is 3.29. The minimum absolute atomic E-state index is 0.276. The quantitative estimate of drug-likeness (QED) is 0.734. The van der Waals surface area contributed by atoms with Crippen molar-refractivity contribution in [2.24, 2.45) is 5.73 Å². The lowest BCUT2D eigenvalue weighted by atomic mass is 10.1. The zero-order valence-electron chi connectivity index (χ0n) is 9.71. The Morgan fingerprint density at radius 3 is 2.94 bits per heavy atom. The SMILES string of the molecule is CCOc1cnn(C(C)C(N)C(=O)OC)c1. The minimum atomic E-state index is -0.737. The van der Waals surface area contributed by atoms with E-state index in [1.807, 2.05) is 6.92 Å². The Morgan fingerprint density at radius 2 is 2.38 bits per heavy atom. The van der Waals surface area contributed by atoms with E-state index in [4.69, 9.17) is 10.5 Å². The summed E-state index contributed by atoms with van der Waals surface area (Å²) in [4.78, 5) is 11.2. The third-order valence-electron chi connectivity index (χ3n) is 2.30. The molecule has 16 heavy (non-hydrogen) atoms. The maximum Gasteiger partial charge on any atom is 0.324 e. The van der Waals surface area contributed by atoms with Crippen LogP contribution in [0.5, 0.6) is 5.75 Å². The van der Waals surface area contributed by atoms with Crippen LogP contribution in [0, 0.1) is 0 Å². The van der Waals surface area contributed by atoms with Crippen LogP contribution in [-0.2, 0) is 9.53 Å². The van der Waals surface area contributed by atoms with E-state index in [9.17, 15) is 4.79 Å². The number of ether oxygens (including phenoxy) is 2. The molecule has 2 unspecified atom stereocenters. The second-order valence-corrected chi connectivity index (χ2v) is 3.38. The molecule has 90 valence electrons. The molecule has 1 aromatic rings. The van der Waals surface area contributed by atoms with Gasteiger partial charge in [0.15, 0.2) is 5.75 Å². The van der Waals surface area contributed by atoms with E-state index in [0.717, 1.165) is 0 Å². The van der Waals surface area contributed by atoms with Crippen LogP contribution in [0.3, 0.4) is 0 Å². The molecular formula is C10H17N3O3. The van der Waals surface area contributed by atoms with Crippen molar-refractivity contribution in [3.8, 4) is 5.75 Å². The van der Waals surface area contributed by atoms with Crippen LogP contribution in [0.1, 0.15) is 19.9 Å². The molecule has 1 rings (SSSR count). The maximum absolute atomic E-state index is 11.2. The smallest absolute Gasteiger partial charge is 0.324 e. The van der Waals surface area contributed by atoms with Crippen molar-refractivity contribution in [1.82, 2.24) is 9.78 Å². The van der Waals surface area contributed by atoms with Crippen LogP contribution >= 0.6 is 0 Å². The summed E-state index contributed by atoms with van der Waals surface area (Å²) in [5, 5.41) is 4.08. The van der Waals surface area contributed by atoms with Gasteiger partial charge in [0, 0.05) is 0 Å². The van der Waals surface area contributed by atoms with E-state index < -0.39 is 12.0 Å². The highest BCUT2D eigenvalue weighted by molar-refractivity contribution is 5.75. The fourth-order valence-electron chi connectivity index (χ4n) is 1.28. The Labute approximate surface area is 94.3 Å². The summed E-state index contributed by atoms with van der Waals surface area (Å²) in [6.45, 7) is 4.26. The highest BCUT2D eigenvalue weighted by Crippen LogP contribution is 2.15. The predicted molar refractivity (Wildman–Crippen MR) is 58.1 cm³/mol. The van der Waals surface area contributed by atoms with Gasteiger partial charge in [0.05, 0.1) is 32.2 Å². The monoisotopic (exact) mass is 227 g/mol. The van der Waals surface area contributed by atoms with Gasteiger partial charge in [0.25, 0.3) is 0 Å². The molecule has 6 nitrogen and oxygen atoms in total. The lowest BCUT2D eigenvalue weighted by molar-refractivity contribution is -0.143. The molecule has 2 N–H and O–H groups in total. The van der Waals surface area contributed by atoms with Gasteiger partial charge in [-0.3, -0.25) is 9.48 Å². The Bertz CT molecular complexity index is 351.